The molecule has 100 valence electrons. The van der Waals surface area contributed by atoms with Crippen molar-refractivity contribution in [2.24, 2.45) is 0 Å². The highest BCUT2D eigenvalue weighted by atomic mass is 16.2. The summed E-state index contributed by atoms with van der Waals surface area (Å²) in [5.41, 5.74) is -0.117. The Bertz CT molecular complexity index is 458. The topological polar surface area (TPSA) is 51.0 Å². The summed E-state index contributed by atoms with van der Waals surface area (Å²) in [4.78, 5) is 18.2. The van der Waals surface area contributed by atoms with E-state index in [1.54, 1.807) is 0 Å². The average Bonchev–Trinajstić information content (AvgIpc) is 2.82. The van der Waals surface area contributed by atoms with Crippen LogP contribution in [-0.2, 0) is 10.3 Å². The van der Waals surface area contributed by atoms with Crippen LogP contribution in [-0.4, -0.2) is 32.1 Å². The van der Waals surface area contributed by atoms with E-state index in [1.165, 1.54) is 0 Å². The highest BCUT2D eigenvalue weighted by Gasteiger charge is 2.31. The van der Waals surface area contributed by atoms with Gasteiger partial charge in [0.2, 0.25) is 5.91 Å². The van der Waals surface area contributed by atoms with Crippen LogP contribution in [0.25, 0.3) is 0 Å². The smallest absolute Gasteiger partial charge is 0.223 e. The first-order valence-electron chi connectivity index (χ1n) is 6.54. The van der Waals surface area contributed by atoms with Crippen LogP contribution in [0.15, 0.2) is 0 Å². The number of carbonyl (C=O) groups is 1. The molecule has 18 heavy (non-hydrogen) atoms. The lowest BCUT2D eigenvalue weighted by Crippen LogP contribution is -2.33. The second-order valence-electron chi connectivity index (χ2n) is 5.97. The molecule has 0 N–H and O–H groups in total. The normalized spacial score (nSPS) is 18.5. The molecule has 2 rings (SSSR count). The number of rotatable bonds is 2. The quantitative estimate of drug-likeness (QED) is 0.807. The van der Waals surface area contributed by atoms with Crippen LogP contribution >= 0.6 is 0 Å². The maximum Gasteiger partial charge on any atom is 0.223 e. The fourth-order valence-electron chi connectivity index (χ4n) is 2.41. The number of aryl methyl sites for hydroxylation is 1. The Morgan fingerprint density at radius 3 is 2.50 bits per heavy atom. The molecule has 5 nitrogen and oxygen atoms in total. The van der Waals surface area contributed by atoms with Crippen LogP contribution in [0.3, 0.4) is 0 Å². The first-order valence-corrected chi connectivity index (χ1v) is 6.54. The van der Waals surface area contributed by atoms with Crippen molar-refractivity contribution in [3.63, 3.8) is 0 Å². The number of nitrogens with zero attached hydrogens (tertiary/aromatic N) is 4. The van der Waals surface area contributed by atoms with E-state index in [0.29, 0.717) is 6.42 Å². The standard InChI is InChI=1S/C13H22N4O/c1-9(16-8-6-7-11(16)18)12-14-10(2)15-17(12)13(3,4)5/h9H,6-8H2,1-5H3/t9-/m0/s1. The fourth-order valence-corrected chi connectivity index (χ4v) is 2.41. The second-order valence-corrected chi connectivity index (χ2v) is 5.97. The zero-order valence-electron chi connectivity index (χ0n) is 11.9. The first-order chi connectivity index (χ1) is 8.30. The third-order valence-corrected chi connectivity index (χ3v) is 3.32. The lowest BCUT2D eigenvalue weighted by molar-refractivity contribution is -0.129. The zero-order chi connectivity index (χ0) is 13.5. The number of aromatic nitrogens is 3. The number of hydrogen-bond acceptors (Lipinski definition) is 3. The fraction of sp³-hybridized carbons (Fsp3) is 0.769. The van der Waals surface area contributed by atoms with Gasteiger partial charge < -0.3 is 4.90 Å². The highest BCUT2D eigenvalue weighted by Crippen LogP contribution is 2.27. The maximum absolute atomic E-state index is 11.8. The summed E-state index contributed by atoms with van der Waals surface area (Å²) in [6.07, 6.45) is 1.61. The Morgan fingerprint density at radius 1 is 1.33 bits per heavy atom. The molecule has 1 aromatic rings. The van der Waals surface area contributed by atoms with E-state index in [9.17, 15) is 4.79 Å². The van der Waals surface area contributed by atoms with Crippen molar-refractivity contribution in [1.82, 2.24) is 19.7 Å². The van der Waals surface area contributed by atoms with Gasteiger partial charge in [-0.2, -0.15) is 5.10 Å². The molecule has 1 aliphatic heterocycles. The molecule has 0 radical (unpaired) electrons. The van der Waals surface area contributed by atoms with Gasteiger partial charge in [-0.15, -0.1) is 0 Å². The minimum absolute atomic E-state index is 0.000394. The molecule has 0 aliphatic carbocycles. The van der Waals surface area contributed by atoms with E-state index in [-0.39, 0.29) is 17.5 Å². The molecule has 0 bridgehead atoms. The summed E-state index contributed by atoms with van der Waals surface area (Å²) in [6, 6.07) is 0.000394. The number of carbonyl (C=O) groups excluding carboxylic acids is 1. The molecule has 0 aromatic carbocycles. The molecule has 1 aromatic heterocycles. The minimum atomic E-state index is -0.117. The van der Waals surface area contributed by atoms with E-state index < -0.39 is 0 Å². The maximum atomic E-state index is 11.8. The highest BCUT2D eigenvalue weighted by molar-refractivity contribution is 5.78. The predicted octanol–water partition coefficient (Wildman–Crippen LogP) is 2.02. The summed E-state index contributed by atoms with van der Waals surface area (Å²) in [7, 11) is 0. The Morgan fingerprint density at radius 2 is 2.00 bits per heavy atom. The predicted molar refractivity (Wildman–Crippen MR) is 69.1 cm³/mol. The Hall–Kier alpha value is -1.39. The van der Waals surface area contributed by atoms with Crippen molar-refractivity contribution in [2.75, 3.05) is 6.54 Å². The monoisotopic (exact) mass is 250 g/mol. The van der Waals surface area contributed by atoms with Crippen molar-refractivity contribution >= 4 is 5.91 Å². The van der Waals surface area contributed by atoms with Crippen LogP contribution in [0.5, 0.6) is 0 Å². The Labute approximate surface area is 108 Å². The summed E-state index contributed by atoms with van der Waals surface area (Å²) in [6.45, 7) is 11.1. The van der Waals surface area contributed by atoms with Gasteiger partial charge in [-0.25, -0.2) is 9.67 Å². The van der Waals surface area contributed by atoms with Crippen molar-refractivity contribution in [2.45, 2.75) is 59.0 Å². The molecule has 1 fully saturated rings. The lowest BCUT2D eigenvalue weighted by Gasteiger charge is -2.28. The molecule has 5 heteroatoms. The molecule has 1 saturated heterocycles. The third kappa shape index (κ3) is 2.26. The van der Waals surface area contributed by atoms with E-state index in [0.717, 1.165) is 24.6 Å². The van der Waals surface area contributed by atoms with Gasteiger partial charge in [0, 0.05) is 13.0 Å². The second kappa shape index (κ2) is 4.37. The molecule has 1 amide bonds. The first kappa shape index (κ1) is 13.1. The van der Waals surface area contributed by atoms with Gasteiger partial charge in [-0.3, -0.25) is 4.79 Å². The number of likely N-dealkylation sites (tertiary alicyclic amines) is 1. The molecular weight excluding hydrogens is 228 g/mol. The van der Waals surface area contributed by atoms with Gasteiger partial charge in [-0.1, -0.05) is 0 Å². The molecule has 1 atom stereocenters. The van der Waals surface area contributed by atoms with Crippen molar-refractivity contribution in [3.8, 4) is 0 Å². The minimum Gasteiger partial charge on any atom is -0.333 e. The van der Waals surface area contributed by atoms with Gasteiger partial charge in [0.25, 0.3) is 0 Å². The summed E-state index contributed by atoms with van der Waals surface area (Å²) < 4.78 is 1.94. The largest absolute Gasteiger partial charge is 0.333 e. The molecule has 2 heterocycles. The molecule has 0 unspecified atom stereocenters. The van der Waals surface area contributed by atoms with Crippen LogP contribution < -0.4 is 0 Å². The Kier molecular flexibility index (Phi) is 3.17. The van der Waals surface area contributed by atoms with Gasteiger partial charge in [0.15, 0.2) is 0 Å². The van der Waals surface area contributed by atoms with Gasteiger partial charge in [0.05, 0.1) is 11.6 Å². The van der Waals surface area contributed by atoms with Gasteiger partial charge >= 0.3 is 0 Å². The molecular formula is C13H22N4O. The molecule has 0 saturated carbocycles. The van der Waals surface area contributed by atoms with Crippen molar-refractivity contribution < 1.29 is 4.79 Å². The number of amides is 1. The van der Waals surface area contributed by atoms with E-state index in [1.807, 2.05) is 23.4 Å². The molecule has 0 spiro atoms. The summed E-state index contributed by atoms with van der Waals surface area (Å²) in [5, 5.41) is 4.47. The SMILES string of the molecule is Cc1nc([C@H](C)N2CCCC2=O)n(C(C)(C)C)n1. The third-order valence-electron chi connectivity index (χ3n) is 3.32. The van der Waals surface area contributed by atoms with E-state index in [4.69, 9.17) is 0 Å². The van der Waals surface area contributed by atoms with Gasteiger partial charge in [0.1, 0.15) is 11.6 Å². The summed E-state index contributed by atoms with van der Waals surface area (Å²) in [5.74, 6) is 1.87. The van der Waals surface area contributed by atoms with Crippen LogP contribution in [0.4, 0.5) is 0 Å². The van der Waals surface area contributed by atoms with Crippen molar-refractivity contribution in [3.05, 3.63) is 11.6 Å². The molecule has 1 aliphatic rings. The Balaban J connectivity index is 2.35. The zero-order valence-corrected chi connectivity index (χ0v) is 11.9. The van der Waals surface area contributed by atoms with E-state index >= 15 is 0 Å². The van der Waals surface area contributed by atoms with Crippen LogP contribution in [0, 0.1) is 6.92 Å². The van der Waals surface area contributed by atoms with Crippen molar-refractivity contribution in [1.29, 1.82) is 0 Å². The lowest BCUT2D eigenvalue weighted by atomic mass is 10.1. The van der Waals surface area contributed by atoms with Gasteiger partial charge in [-0.05, 0) is 41.0 Å². The van der Waals surface area contributed by atoms with Crippen LogP contribution in [0.2, 0.25) is 0 Å². The van der Waals surface area contributed by atoms with E-state index in [2.05, 4.69) is 30.9 Å². The average molecular weight is 250 g/mol. The summed E-state index contributed by atoms with van der Waals surface area (Å²) >= 11 is 0. The van der Waals surface area contributed by atoms with Crippen LogP contribution in [0.1, 0.15) is 58.2 Å². The number of hydrogen-bond donors (Lipinski definition) is 0.